The third kappa shape index (κ3) is 5.07. The van der Waals surface area contributed by atoms with E-state index in [0.717, 1.165) is 18.4 Å². The van der Waals surface area contributed by atoms with Gasteiger partial charge in [0.1, 0.15) is 30.5 Å². The minimum atomic E-state index is 0.234. The summed E-state index contributed by atoms with van der Waals surface area (Å²) in [6, 6.07) is 9.09. The highest BCUT2D eigenvalue weighted by Gasteiger charge is 2.26. The van der Waals surface area contributed by atoms with E-state index in [0.29, 0.717) is 89.2 Å². The van der Waals surface area contributed by atoms with Crippen LogP contribution < -0.4 is 18.9 Å². The summed E-state index contributed by atoms with van der Waals surface area (Å²) >= 11 is 6.50. The molecule has 5 rings (SSSR count). The summed E-state index contributed by atoms with van der Waals surface area (Å²) in [5, 5.41) is 1.24. The first-order valence-electron chi connectivity index (χ1n) is 11.8. The maximum absolute atomic E-state index is 12.3. The van der Waals surface area contributed by atoms with Crippen LogP contribution in [0, 0.1) is 11.8 Å². The summed E-state index contributed by atoms with van der Waals surface area (Å²) < 4.78 is 24.1. The number of pyridine rings is 1. The average Bonchev–Trinajstić information content (AvgIpc) is 3.63. The normalized spacial score (nSPS) is 14.9. The number of Topliss-reactive ketones (excluding diaryl/α,β-unsaturated/α-hetero) is 1. The van der Waals surface area contributed by atoms with Gasteiger partial charge in [0.15, 0.2) is 11.5 Å². The largest absolute Gasteiger partial charge is 0.489 e. The Morgan fingerprint density at radius 1 is 1.12 bits per heavy atom. The van der Waals surface area contributed by atoms with E-state index in [1.807, 2.05) is 18.2 Å². The quantitative estimate of drug-likeness (QED) is 0.352. The second kappa shape index (κ2) is 9.71. The van der Waals surface area contributed by atoms with Gasteiger partial charge in [-0.3, -0.25) is 9.78 Å². The van der Waals surface area contributed by atoms with E-state index in [1.54, 1.807) is 18.3 Å². The first-order chi connectivity index (χ1) is 16.5. The molecule has 6 nitrogen and oxygen atoms in total. The monoisotopic (exact) mass is 481 g/mol. The van der Waals surface area contributed by atoms with E-state index in [4.69, 9.17) is 30.5 Å². The number of carbonyl (C=O) groups excluding carboxylic acids is 1. The zero-order chi connectivity index (χ0) is 23.7. The molecule has 1 aliphatic heterocycles. The molecule has 178 valence electrons. The molecule has 34 heavy (non-hydrogen) atoms. The zero-order valence-corrected chi connectivity index (χ0v) is 20.2. The summed E-state index contributed by atoms with van der Waals surface area (Å²) in [5.41, 5.74) is 1.51. The Morgan fingerprint density at radius 2 is 1.91 bits per heavy atom. The van der Waals surface area contributed by atoms with Gasteiger partial charge in [-0.2, -0.15) is 0 Å². The molecule has 1 aliphatic carbocycles. The summed E-state index contributed by atoms with van der Waals surface area (Å²) in [7, 11) is 0. The number of aromatic nitrogens is 1. The lowest BCUT2D eigenvalue weighted by Gasteiger charge is -2.24. The van der Waals surface area contributed by atoms with Gasteiger partial charge in [-0.25, -0.2) is 0 Å². The van der Waals surface area contributed by atoms with Gasteiger partial charge in [0.25, 0.3) is 0 Å². The first-order valence-corrected chi connectivity index (χ1v) is 12.2. The van der Waals surface area contributed by atoms with Gasteiger partial charge in [-0.15, -0.1) is 0 Å². The molecule has 0 spiro atoms. The molecule has 1 saturated carbocycles. The fraction of sp³-hybridized carbons (Fsp3) is 0.407. The van der Waals surface area contributed by atoms with E-state index in [9.17, 15) is 4.79 Å². The highest BCUT2D eigenvalue weighted by molar-refractivity contribution is 6.31. The lowest BCUT2D eigenvalue weighted by Crippen LogP contribution is -2.17. The van der Waals surface area contributed by atoms with E-state index >= 15 is 0 Å². The Kier molecular flexibility index (Phi) is 6.50. The molecular formula is C27H28ClNO5. The van der Waals surface area contributed by atoms with Crippen molar-refractivity contribution in [3.8, 4) is 28.7 Å². The highest BCUT2D eigenvalue weighted by Crippen LogP contribution is 2.48. The maximum atomic E-state index is 12.3. The fourth-order valence-corrected chi connectivity index (χ4v) is 4.25. The summed E-state index contributed by atoms with van der Waals surface area (Å²) in [6.07, 6.45) is 5.01. The fourth-order valence-electron chi connectivity index (χ4n) is 4.01. The number of nitrogens with zero attached hydrogens (tertiary/aromatic N) is 1. The van der Waals surface area contributed by atoms with Crippen LogP contribution in [-0.2, 0) is 11.2 Å². The van der Waals surface area contributed by atoms with E-state index in [-0.39, 0.29) is 5.78 Å². The standard InChI is InChI=1S/C27H28ClNO5/c1-16(2)15-33-24-14-22-25(27-26(24)31-9-10-32-27)23(7-8-29-22)34-20-6-5-18(21(28)13-20)12-19(30)11-17-3-4-17/h5-8,13-14,16-17H,3-4,9-12,15H2,1-2H3. The van der Waals surface area contributed by atoms with Crippen molar-refractivity contribution >= 4 is 28.3 Å². The first kappa shape index (κ1) is 22.8. The van der Waals surface area contributed by atoms with Crippen LogP contribution >= 0.6 is 11.6 Å². The molecule has 0 bridgehead atoms. The molecule has 0 unspecified atom stereocenters. The summed E-state index contributed by atoms with van der Waals surface area (Å²) in [4.78, 5) is 16.8. The second-order valence-electron chi connectivity index (χ2n) is 9.36. The Morgan fingerprint density at radius 3 is 2.65 bits per heavy atom. The van der Waals surface area contributed by atoms with Crippen LogP contribution in [-0.4, -0.2) is 30.6 Å². The summed E-state index contributed by atoms with van der Waals surface area (Å²) in [5.74, 6) is 4.08. The molecule has 7 heteroatoms. The van der Waals surface area contributed by atoms with Crippen LogP contribution in [0.2, 0.25) is 5.02 Å². The van der Waals surface area contributed by atoms with Crippen molar-refractivity contribution in [3.05, 3.63) is 47.1 Å². The van der Waals surface area contributed by atoms with Crippen LogP contribution in [0.15, 0.2) is 36.5 Å². The van der Waals surface area contributed by atoms with E-state index < -0.39 is 0 Å². The van der Waals surface area contributed by atoms with Crippen molar-refractivity contribution in [2.45, 2.75) is 39.5 Å². The van der Waals surface area contributed by atoms with E-state index in [2.05, 4.69) is 18.8 Å². The summed E-state index contributed by atoms with van der Waals surface area (Å²) in [6.45, 7) is 5.62. The topological polar surface area (TPSA) is 66.9 Å². The van der Waals surface area contributed by atoms with Crippen LogP contribution in [0.25, 0.3) is 10.9 Å². The minimum absolute atomic E-state index is 0.234. The lowest BCUT2D eigenvalue weighted by atomic mass is 10.0. The highest BCUT2D eigenvalue weighted by atomic mass is 35.5. The molecule has 2 heterocycles. The smallest absolute Gasteiger partial charge is 0.204 e. The van der Waals surface area contributed by atoms with Gasteiger partial charge in [-0.1, -0.05) is 31.5 Å². The SMILES string of the molecule is CC(C)COc1cc2nccc(Oc3ccc(CC(=O)CC4CC4)c(Cl)c3)c2c2c1OCCO2. The van der Waals surface area contributed by atoms with Crippen molar-refractivity contribution in [3.63, 3.8) is 0 Å². The molecule has 0 atom stereocenters. The second-order valence-corrected chi connectivity index (χ2v) is 9.76. The Balaban J connectivity index is 1.43. The van der Waals surface area contributed by atoms with Crippen LogP contribution in [0.5, 0.6) is 28.7 Å². The molecule has 2 aromatic carbocycles. The number of fused-ring (bicyclic) bond motifs is 3. The molecular weight excluding hydrogens is 454 g/mol. The molecule has 1 fully saturated rings. The molecule has 0 N–H and O–H groups in total. The number of benzene rings is 2. The number of ketones is 1. The number of ether oxygens (including phenoxy) is 4. The predicted molar refractivity (Wildman–Crippen MR) is 131 cm³/mol. The predicted octanol–water partition coefficient (Wildman–Crippen LogP) is 6.40. The third-order valence-electron chi connectivity index (χ3n) is 5.87. The van der Waals surface area contributed by atoms with Gasteiger partial charge >= 0.3 is 0 Å². The molecule has 3 aromatic rings. The Bertz CT molecular complexity index is 1220. The van der Waals surface area contributed by atoms with Gasteiger partial charge in [0.05, 0.1) is 17.5 Å². The van der Waals surface area contributed by atoms with Gasteiger partial charge in [0, 0.05) is 30.1 Å². The van der Waals surface area contributed by atoms with Crippen LogP contribution in [0.1, 0.15) is 38.7 Å². The Labute approximate surface area is 204 Å². The molecule has 0 amide bonds. The van der Waals surface area contributed by atoms with Crippen molar-refractivity contribution in [2.75, 3.05) is 19.8 Å². The van der Waals surface area contributed by atoms with Crippen LogP contribution in [0.4, 0.5) is 0 Å². The average molecular weight is 482 g/mol. The Hall–Kier alpha value is -2.99. The maximum Gasteiger partial charge on any atom is 0.204 e. The van der Waals surface area contributed by atoms with Crippen molar-refractivity contribution in [1.82, 2.24) is 4.98 Å². The molecule has 2 aliphatic rings. The van der Waals surface area contributed by atoms with Crippen molar-refractivity contribution in [1.29, 1.82) is 0 Å². The van der Waals surface area contributed by atoms with Gasteiger partial charge in [0.2, 0.25) is 5.75 Å². The van der Waals surface area contributed by atoms with E-state index in [1.165, 1.54) is 0 Å². The number of halogens is 1. The molecule has 0 saturated heterocycles. The van der Waals surface area contributed by atoms with Crippen molar-refractivity contribution < 1.29 is 23.7 Å². The van der Waals surface area contributed by atoms with Gasteiger partial charge < -0.3 is 18.9 Å². The molecule has 1 aromatic heterocycles. The third-order valence-corrected chi connectivity index (χ3v) is 6.22. The number of hydrogen-bond donors (Lipinski definition) is 0. The number of hydrogen-bond acceptors (Lipinski definition) is 6. The molecule has 0 radical (unpaired) electrons. The number of rotatable bonds is 9. The van der Waals surface area contributed by atoms with Crippen LogP contribution in [0.3, 0.4) is 0 Å². The number of carbonyl (C=O) groups is 1. The van der Waals surface area contributed by atoms with Gasteiger partial charge in [-0.05, 0) is 48.4 Å². The zero-order valence-electron chi connectivity index (χ0n) is 19.4. The minimum Gasteiger partial charge on any atom is -0.489 e. The van der Waals surface area contributed by atoms with Crippen molar-refractivity contribution in [2.24, 2.45) is 11.8 Å². The lowest BCUT2D eigenvalue weighted by molar-refractivity contribution is -0.118.